The van der Waals surface area contributed by atoms with Crippen molar-refractivity contribution in [3.8, 4) is 5.75 Å². The Labute approximate surface area is 166 Å². The van der Waals surface area contributed by atoms with E-state index in [-0.39, 0.29) is 15.7 Å². The number of carbonyl (C=O) groups is 1. The average Bonchev–Trinajstić information content (AvgIpc) is 2.73. The van der Waals surface area contributed by atoms with Crippen LogP contribution in [-0.4, -0.2) is 17.6 Å². The van der Waals surface area contributed by atoms with Crippen LogP contribution in [0.2, 0.25) is 0 Å². The molecule has 3 aromatic carbocycles. The first-order valence-electron chi connectivity index (χ1n) is 8.70. The van der Waals surface area contributed by atoms with Gasteiger partial charge in [-0.05, 0) is 29.0 Å². The number of benzene rings is 3. The number of alkyl halides is 3. The molecule has 0 amide bonds. The first-order valence-corrected chi connectivity index (χ1v) is 8.70. The molecule has 0 atom stereocenters. The fourth-order valence-electron chi connectivity index (χ4n) is 3.31. The summed E-state index contributed by atoms with van der Waals surface area (Å²) in [5.74, 6) is -1.06. The van der Waals surface area contributed by atoms with Crippen molar-refractivity contribution in [2.75, 3.05) is 7.11 Å². The van der Waals surface area contributed by atoms with E-state index in [1.54, 1.807) is 30.3 Å². The van der Waals surface area contributed by atoms with E-state index in [9.17, 15) is 28.1 Å². The molecule has 152 valence electrons. The van der Waals surface area contributed by atoms with Gasteiger partial charge < -0.3 is 14.7 Å². The summed E-state index contributed by atoms with van der Waals surface area (Å²) in [5, 5.41) is 13.9. The van der Waals surface area contributed by atoms with Gasteiger partial charge >= 0.3 is 11.9 Å². The van der Waals surface area contributed by atoms with Crippen LogP contribution in [0.3, 0.4) is 0 Å². The predicted molar refractivity (Wildman–Crippen MR) is 103 cm³/mol. The Hall–Kier alpha value is -3.88. The summed E-state index contributed by atoms with van der Waals surface area (Å²) in [6, 6.07) is 14.6. The van der Waals surface area contributed by atoms with Crippen molar-refractivity contribution in [1.29, 1.82) is 0 Å². The number of carbonyl (C=O) groups excluding carboxylic acids is 1. The maximum absolute atomic E-state index is 13.7. The lowest BCUT2D eigenvalue weighted by atomic mass is 10.0. The first-order chi connectivity index (χ1) is 14.2. The van der Waals surface area contributed by atoms with Crippen LogP contribution in [0.15, 0.2) is 60.7 Å². The van der Waals surface area contributed by atoms with E-state index in [1.807, 2.05) is 0 Å². The van der Waals surface area contributed by atoms with Gasteiger partial charge in [0.15, 0.2) is 0 Å². The molecule has 0 radical (unpaired) electrons. The minimum atomic E-state index is -5.23. The second kappa shape index (κ2) is 6.87. The lowest BCUT2D eigenvalue weighted by Gasteiger charge is -2.20. The number of methoxy groups -OCH3 is 1. The van der Waals surface area contributed by atoms with Crippen LogP contribution >= 0.6 is 0 Å². The summed E-state index contributed by atoms with van der Waals surface area (Å²) in [6.07, 6.45) is -5.23. The standard InChI is InChI=1S/C21H13F3N2O4/c1-30-15-8-9-16-17(11-15)25(28)18(20(26(16)29)21(22,23)24)19(27)14-7-6-12-4-2-3-5-13(12)10-14/h2-11H,1H3. The van der Waals surface area contributed by atoms with Crippen LogP contribution in [-0.2, 0) is 6.18 Å². The highest BCUT2D eigenvalue weighted by Gasteiger charge is 2.45. The highest BCUT2D eigenvalue weighted by molar-refractivity contribution is 6.09. The zero-order valence-corrected chi connectivity index (χ0v) is 15.4. The second-order valence-electron chi connectivity index (χ2n) is 6.53. The Bertz CT molecular complexity index is 1380. The molecule has 1 heterocycles. The van der Waals surface area contributed by atoms with Gasteiger partial charge in [-0.1, -0.05) is 36.4 Å². The number of ether oxygens (including phenoxy) is 1. The fourth-order valence-corrected chi connectivity index (χ4v) is 3.31. The summed E-state index contributed by atoms with van der Waals surface area (Å²) in [4.78, 5) is 25.9. The van der Waals surface area contributed by atoms with Crippen LogP contribution in [0.25, 0.3) is 21.8 Å². The number of fused-ring (bicyclic) bond motifs is 2. The molecule has 9 heteroatoms. The Morgan fingerprint density at radius 3 is 2.40 bits per heavy atom. The van der Waals surface area contributed by atoms with E-state index in [4.69, 9.17) is 4.74 Å². The molecule has 0 bridgehead atoms. The predicted octanol–water partition coefficient (Wildman–Crippen LogP) is 4.31. The van der Waals surface area contributed by atoms with Crippen molar-refractivity contribution in [3.05, 3.63) is 87.7 Å². The van der Waals surface area contributed by atoms with E-state index in [0.717, 1.165) is 17.5 Å². The van der Waals surface area contributed by atoms with E-state index in [2.05, 4.69) is 0 Å². The van der Waals surface area contributed by atoms with Crippen molar-refractivity contribution in [1.82, 2.24) is 4.73 Å². The first kappa shape index (κ1) is 19.4. The normalized spacial score (nSPS) is 11.7. The van der Waals surface area contributed by atoms with Gasteiger partial charge in [0.05, 0.1) is 17.6 Å². The number of halogens is 3. The second-order valence-corrected chi connectivity index (χ2v) is 6.53. The van der Waals surface area contributed by atoms with Crippen LogP contribution in [0.1, 0.15) is 21.7 Å². The van der Waals surface area contributed by atoms with Crippen molar-refractivity contribution >= 4 is 27.6 Å². The lowest BCUT2D eigenvalue weighted by Crippen LogP contribution is -2.35. The average molecular weight is 414 g/mol. The third kappa shape index (κ3) is 3.04. The number of hydrogen-bond acceptors (Lipinski definition) is 4. The highest BCUT2D eigenvalue weighted by atomic mass is 19.4. The van der Waals surface area contributed by atoms with Crippen molar-refractivity contribution in [3.63, 3.8) is 0 Å². The zero-order valence-electron chi connectivity index (χ0n) is 15.4. The Balaban J connectivity index is 2.05. The maximum atomic E-state index is 13.7. The summed E-state index contributed by atoms with van der Waals surface area (Å²) in [5.41, 5.74) is -4.26. The van der Waals surface area contributed by atoms with Gasteiger partial charge in [0.1, 0.15) is 11.3 Å². The molecule has 0 saturated heterocycles. The van der Waals surface area contributed by atoms with Gasteiger partial charge in [-0.3, -0.25) is 4.79 Å². The van der Waals surface area contributed by atoms with Gasteiger partial charge in [-0.15, -0.1) is 0 Å². The van der Waals surface area contributed by atoms with E-state index in [0.29, 0.717) is 5.39 Å². The topological polar surface area (TPSA) is 77.3 Å². The number of rotatable bonds is 3. The van der Waals surface area contributed by atoms with Crippen LogP contribution in [0.4, 0.5) is 13.2 Å². The molecular weight excluding hydrogens is 401 g/mol. The minimum Gasteiger partial charge on any atom is -0.805 e. The Morgan fingerprint density at radius 1 is 1.03 bits per heavy atom. The van der Waals surface area contributed by atoms with E-state index in [1.165, 1.54) is 25.3 Å². The maximum Gasteiger partial charge on any atom is 0.438 e. The summed E-state index contributed by atoms with van der Waals surface area (Å²) >= 11 is 0. The van der Waals surface area contributed by atoms with Gasteiger partial charge in [-0.2, -0.15) is 13.2 Å². The summed E-state index contributed by atoms with van der Waals surface area (Å²) < 4.78 is 45.6. The molecule has 0 unspecified atom stereocenters. The Kier molecular flexibility index (Phi) is 4.45. The lowest BCUT2D eigenvalue weighted by molar-refractivity contribution is -0.470. The third-order valence-corrected chi connectivity index (χ3v) is 4.75. The minimum absolute atomic E-state index is 0.147. The van der Waals surface area contributed by atoms with E-state index >= 15 is 0 Å². The molecule has 1 aromatic heterocycles. The molecule has 0 saturated carbocycles. The van der Waals surface area contributed by atoms with Gasteiger partial charge in [0, 0.05) is 10.5 Å². The molecule has 0 fully saturated rings. The molecule has 30 heavy (non-hydrogen) atoms. The van der Waals surface area contributed by atoms with Crippen molar-refractivity contribution < 1.29 is 27.1 Å². The molecule has 0 aliphatic carbocycles. The van der Waals surface area contributed by atoms with Gasteiger partial charge in [0.2, 0.25) is 5.69 Å². The molecule has 4 rings (SSSR count). The SMILES string of the molecule is COc1ccc2c(c1)[n+](=O)c(C(=O)c1ccc3ccccc3c1)c(C(F)(F)F)n2[O-]. The van der Waals surface area contributed by atoms with Crippen molar-refractivity contribution in [2.45, 2.75) is 6.18 Å². The summed E-state index contributed by atoms with van der Waals surface area (Å²) in [6.45, 7) is 0. The quantitative estimate of drug-likeness (QED) is 0.370. The van der Waals surface area contributed by atoms with Crippen LogP contribution in [0, 0.1) is 10.1 Å². The van der Waals surface area contributed by atoms with Crippen LogP contribution in [0.5, 0.6) is 5.75 Å². The summed E-state index contributed by atoms with van der Waals surface area (Å²) in [7, 11) is 1.30. The number of aromatic nitrogens is 2. The number of ketones is 1. The van der Waals surface area contributed by atoms with E-state index < -0.39 is 39.1 Å². The van der Waals surface area contributed by atoms with Gasteiger partial charge in [-0.25, -0.2) is 0 Å². The molecule has 0 spiro atoms. The molecule has 4 aromatic rings. The monoisotopic (exact) mass is 414 g/mol. The smallest absolute Gasteiger partial charge is 0.438 e. The number of nitrogens with zero attached hydrogens (tertiary/aromatic N) is 2. The molecule has 0 aliphatic heterocycles. The van der Waals surface area contributed by atoms with Crippen molar-refractivity contribution in [2.24, 2.45) is 0 Å². The Morgan fingerprint density at radius 2 is 1.73 bits per heavy atom. The zero-order chi connectivity index (χ0) is 21.6. The number of hydrogen-bond donors (Lipinski definition) is 0. The highest BCUT2D eigenvalue weighted by Crippen LogP contribution is 2.34. The third-order valence-electron chi connectivity index (χ3n) is 4.75. The molecular formula is C21H13F3N2O4. The molecule has 0 aliphatic rings. The van der Waals surface area contributed by atoms with Crippen LogP contribution < -0.4 is 9.16 Å². The molecule has 0 N–H and O–H groups in total. The molecule has 6 nitrogen and oxygen atoms in total. The largest absolute Gasteiger partial charge is 0.805 e. The van der Waals surface area contributed by atoms with Gasteiger partial charge in [0.25, 0.3) is 11.3 Å². The fraction of sp³-hybridized carbons (Fsp3) is 0.0952.